The SMILES string of the molecule is OC1CC[C@H]2CC[C@H](O)C2C1. The summed E-state index contributed by atoms with van der Waals surface area (Å²) in [6.07, 6.45) is 4.81. The van der Waals surface area contributed by atoms with E-state index in [-0.39, 0.29) is 12.2 Å². The van der Waals surface area contributed by atoms with E-state index in [1.165, 1.54) is 6.42 Å². The fourth-order valence-electron chi connectivity index (χ4n) is 2.67. The molecule has 0 aromatic carbocycles. The van der Waals surface area contributed by atoms with Crippen LogP contribution in [0.3, 0.4) is 0 Å². The van der Waals surface area contributed by atoms with Crippen molar-refractivity contribution < 1.29 is 10.2 Å². The lowest BCUT2D eigenvalue weighted by Gasteiger charge is -2.30. The summed E-state index contributed by atoms with van der Waals surface area (Å²) in [4.78, 5) is 0. The van der Waals surface area contributed by atoms with Crippen LogP contribution < -0.4 is 0 Å². The molecule has 2 aliphatic carbocycles. The molecular weight excluding hydrogens is 140 g/mol. The zero-order valence-corrected chi connectivity index (χ0v) is 6.74. The van der Waals surface area contributed by atoms with Crippen LogP contribution in [-0.4, -0.2) is 22.4 Å². The molecule has 0 saturated heterocycles. The molecule has 2 unspecified atom stereocenters. The van der Waals surface area contributed by atoms with Crippen molar-refractivity contribution in [2.24, 2.45) is 11.8 Å². The fourth-order valence-corrected chi connectivity index (χ4v) is 2.67. The van der Waals surface area contributed by atoms with Crippen molar-refractivity contribution in [1.82, 2.24) is 0 Å². The average molecular weight is 156 g/mol. The standard InChI is InChI=1S/C9H16O2/c10-7-3-1-6-2-4-9(11)8(6)5-7/h6-11H,1-5H2/t6-,7?,8?,9-/m0/s1. The molecule has 0 amide bonds. The van der Waals surface area contributed by atoms with Gasteiger partial charge in [-0.1, -0.05) is 0 Å². The van der Waals surface area contributed by atoms with Crippen molar-refractivity contribution in [2.45, 2.75) is 44.3 Å². The molecule has 0 bridgehead atoms. The number of hydrogen-bond acceptors (Lipinski definition) is 2. The van der Waals surface area contributed by atoms with Crippen molar-refractivity contribution in [1.29, 1.82) is 0 Å². The van der Waals surface area contributed by atoms with Gasteiger partial charge in [0.05, 0.1) is 12.2 Å². The molecule has 0 heterocycles. The summed E-state index contributed by atoms with van der Waals surface area (Å²) in [7, 11) is 0. The predicted molar refractivity (Wildman–Crippen MR) is 42.1 cm³/mol. The van der Waals surface area contributed by atoms with Gasteiger partial charge >= 0.3 is 0 Å². The Labute approximate surface area is 67.2 Å². The number of fused-ring (bicyclic) bond motifs is 1. The molecule has 11 heavy (non-hydrogen) atoms. The third-order valence-corrected chi connectivity index (χ3v) is 3.35. The van der Waals surface area contributed by atoms with Crippen LogP contribution in [0.1, 0.15) is 32.1 Å². The maximum atomic E-state index is 9.53. The van der Waals surface area contributed by atoms with Gasteiger partial charge in [-0.05, 0) is 43.9 Å². The van der Waals surface area contributed by atoms with E-state index in [4.69, 9.17) is 0 Å². The van der Waals surface area contributed by atoms with E-state index in [0.717, 1.165) is 25.7 Å². The minimum absolute atomic E-state index is 0.116. The highest BCUT2D eigenvalue weighted by atomic mass is 16.3. The summed E-state index contributed by atoms with van der Waals surface area (Å²) in [5.74, 6) is 1.13. The third-order valence-electron chi connectivity index (χ3n) is 3.35. The Hall–Kier alpha value is -0.0800. The molecule has 64 valence electrons. The molecule has 0 aromatic rings. The molecule has 2 saturated carbocycles. The van der Waals surface area contributed by atoms with Crippen LogP contribution in [0.5, 0.6) is 0 Å². The van der Waals surface area contributed by atoms with Gasteiger partial charge in [-0.3, -0.25) is 0 Å². The van der Waals surface area contributed by atoms with E-state index in [2.05, 4.69) is 0 Å². The monoisotopic (exact) mass is 156 g/mol. The topological polar surface area (TPSA) is 40.5 Å². The van der Waals surface area contributed by atoms with E-state index < -0.39 is 0 Å². The van der Waals surface area contributed by atoms with Crippen molar-refractivity contribution in [3.05, 3.63) is 0 Å². The number of hydrogen-bond donors (Lipinski definition) is 2. The summed E-state index contributed by atoms with van der Waals surface area (Å²) < 4.78 is 0. The Bertz CT molecular complexity index is 146. The van der Waals surface area contributed by atoms with Gasteiger partial charge in [-0.2, -0.15) is 0 Å². The lowest BCUT2D eigenvalue weighted by molar-refractivity contribution is 0.0302. The normalized spacial score (nSPS) is 50.7. The minimum Gasteiger partial charge on any atom is -0.393 e. The molecule has 2 aliphatic rings. The first-order chi connectivity index (χ1) is 5.27. The van der Waals surface area contributed by atoms with Crippen LogP contribution in [0.15, 0.2) is 0 Å². The molecule has 0 aliphatic heterocycles. The second kappa shape index (κ2) is 2.76. The van der Waals surface area contributed by atoms with Crippen LogP contribution in [0, 0.1) is 11.8 Å². The number of aliphatic hydroxyl groups is 2. The van der Waals surface area contributed by atoms with Crippen LogP contribution in [0.25, 0.3) is 0 Å². The van der Waals surface area contributed by atoms with Gasteiger partial charge < -0.3 is 10.2 Å². The Morgan fingerprint density at radius 3 is 2.45 bits per heavy atom. The van der Waals surface area contributed by atoms with Crippen LogP contribution in [0.2, 0.25) is 0 Å². The molecule has 0 radical (unpaired) electrons. The van der Waals surface area contributed by atoms with E-state index >= 15 is 0 Å². The second-order valence-corrected chi connectivity index (χ2v) is 4.04. The Morgan fingerprint density at radius 2 is 1.64 bits per heavy atom. The van der Waals surface area contributed by atoms with Crippen molar-refractivity contribution in [3.8, 4) is 0 Å². The fraction of sp³-hybridized carbons (Fsp3) is 1.00. The average Bonchev–Trinajstić information content (AvgIpc) is 2.33. The van der Waals surface area contributed by atoms with E-state index in [0.29, 0.717) is 11.8 Å². The molecule has 2 rings (SSSR count). The van der Waals surface area contributed by atoms with Gasteiger partial charge in [-0.15, -0.1) is 0 Å². The summed E-state index contributed by atoms with van der Waals surface area (Å²) in [6.45, 7) is 0. The van der Waals surface area contributed by atoms with Gasteiger partial charge in [0.2, 0.25) is 0 Å². The van der Waals surface area contributed by atoms with Gasteiger partial charge in [0.1, 0.15) is 0 Å². The zero-order chi connectivity index (χ0) is 7.84. The molecule has 0 spiro atoms. The van der Waals surface area contributed by atoms with Gasteiger partial charge in [0.25, 0.3) is 0 Å². The molecule has 2 nitrogen and oxygen atoms in total. The number of rotatable bonds is 0. The number of aliphatic hydroxyl groups excluding tert-OH is 2. The van der Waals surface area contributed by atoms with Gasteiger partial charge in [0, 0.05) is 0 Å². The highest BCUT2D eigenvalue weighted by Crippen LogP contribution is 2.42. The Morgan fingerprint density at radius 1 is 0.909 bits per heavy atom. The quantitative estimate of drug-likeness (QED) is 0.547. The molecule has 2 N–H and O–H groups in total. The predicted octanol–water partition coefficient (Wildman–Crippen LogP) is 0.918. The van der Waals surface area contributed by atoms with Crippen molar-refractivity contribution >= 4 is 0 Å². The first kappa shape index (κ1) is 7.56. The minimum atomic E-state index is -0.135. The molecule has 2 heteroatoms. The van der Waals surface area contributed by atoms with Crippen molar-refractivity contribution in [2.75, 3.05) is 0 Å². The first-order valence-electron chi connectivity index (χ1n) is 4.63. The lowest BCUT2D eigenvalue weighted by atomic mass is 9.79. The van der Waals surface area contributed by atoms with E-state index in [9.17, 15) is 10.2 Å². The molecule has 4 atom stereocenters. The van der Waals surface area contributed by atoms with Crippen LogP contribution >= 0.6 is 0 Å². The van der Waals surface area contributed by atoms with Crippen LogP contribution in [-0.2, 0) is 0 Å². The Balaban J connectivity index is 2.01. The molecule has 2 fully saturated rings. The molecular formula is C9H16O2. The third kappa shape index (κ3) is 1.30. The lowest BCUT2D eigenvalue weighted by Crippen LogP contribution is -2.29. The highest BCUT2D eigenvalue weighted by molar-refractivity contribution is 4.89. The largest absolute Gasteiger partial charge is 0.393 e. The van der Waals surface area contributed by atoms with Crippen LogP contribution in [0.4, 0.5) is 0 Å². The van der Waals surface area contributed by atoms with Crippen molar-refractivity contribution in [3.63, 3.8) is 0 Å². The second-order valence-electron chi connectivity index (χ2n) is 4.04. The maximum Gasteiger partial charge on any atom is 0.0572 e. The summed E-state index contributed by atoms with van der Waals surface area (Å²) in [6, 6.07) is 0. The zero-order valence-electron chi connectivity index (χ0n) is 6.74. The van der Waals surface area contributed by atoms with E-state index in [1.807, 2.05) is 0 Å². The molecule has 0 aromatic heterocycles. The Kier molecular flexibility index (Phi) is 1.90. The van der Waals surface area contributed by atoms with E-state index in [1.54, 1.807) is 0 Å². The summed E-state index contributed by atoms with van der Waals surface area (Å²) >= 11 is 0. The smallest absolute Gasteiger partial charge is 0.0572 e. The first-order valence-corrected chi connectivity index (χ1v) is 4.63. The maximum absolute atomic E-state index is 9.53. The summed E-state index contributed by atoms with van der Waals surface area (Å²) in [5, 5.41) is 18.9. The summed E-state index contributed by atoms with van der Waals surface area (Å²) in [5.41, 5.74) is 0. The van der Waals surface area contributed by atoms with Gasteiger partial charge in [-0.25, -0.2) is 0 Å². The van der Waals surface area contributed by atoms with Gasteiger partial charge in [0.15, 0.2) is 0 Å². The highest BCUT2D eigenvalue weighted by Gasteiger charge is 2.38.